The van der Waals surface area contributed by atoms with E-state index in [4.69, 9.17) is 4.74 Å². The van der Waals surface area contributed by atoms with Crippen LogP contribution in [0.25, 0.3) is 0 Å². The Labute approximate surface area is 142 Å². The summed E-state index contributed by atoms with van der Waals surface area (Å²) in [5.41, 5.74) is 1.50. The van der Waals surface area contributed by atoms with Crippen molar-refractivity contribution < 1.29 is 14.6 Å². The predicted molar refractivity (Wildman–Crippen MR) is 92.8 cm³/mol. The number of hydrogen-bond donors (Lipinski definition) is 2. The van der Waals surface area contributed by atoms with Gasteiger partial charge in [-0.05, 0) is 17.5 Å². The number of aromatic nitrogens is 1. The molecule has 0 radical (unpaired) electrons. The number of carbonyl (C=O) groups is 1. The first kappa shape index (κ1) is 17.9. The van der Waals surface area contributed by atoms with Gasteiger partial charge in [-0.1, -0.05) is 50.6 Å². The molecule has 128 valence electrons. The van der Waals surface area contributed by atoms with Crippen molar-refractivity contribution in [2.75, 3.05) is 6.54 Å². The normalized spacial score (nSPS) is 13.1. The largest absolute Gasteiger partial charge is 0.473 e. The van der Waals surface area contributed by atoms with Crippen molar-refractivity contribution in [2.45, 2.75) is 33.0 Å². The first-order valence-electron chi connectivity index (χ1n) is 8.19. The van der Waals surface area contributed by atoms with Crippen LogP contribution in [0.15, 0.2) is 48.7 Å². The summed E-state index contributed by atoms with van der Waals surface area (Å²) in [6.07, 6.45) is 1.86. The fourth-order valence-electron chi connectivity index (χ4n) is 2.13. The number of pyridine rings is 1. The van der Waals surface area contributed by atoms with Crippen LogP contribution in [0.2, 0.25) is 0 Å². The van der Waals surface area contributed by atoms with E-state index in [-0.39, 0.29) is 18.4 Å². The number of nitrogens with one attached hydrogen (secondary N) is 1. The van der Waals surface area contributed by atoms with E-state index in [1.165, 1.54) is 0 Å². The molecule has 0 fully saturated rings. The van der Waals surface area contributed by atoms with Gasteiger partial charge in [-0.25, -0.2) is 4.98 Å². The van der Waals surface area contributed by atoms with Crippen molar-refractivity contribution in [2.24, 2.45) is 5.92 Å². The smallest absolute Gasteiger partial charge is 0.251 e. The van der Waals surface area contributed by atoms with Crippen LogP contribution in [0.5, 0.6) is 5.88 Å². The van der Waals surface area contributed by atoms with Gasteiger partial charge in [-0.3, -0.25) is 4.79 Å². The molecule has 2 aromatic rings. The molecule has 2 N–H and O–H groups in total. The van der Waals surface area contributed by atoms with Crippen LogP contribution in [0.1, 0.15) is 36.2 Å². The van der Waals surface area contributed by atoms with Crippen molar-refractivity contribution >= 4 is 5.91 Å². The van der Waals surface area contributed by atoms with Crippen LogP contribution >= 0.6 is 0 Å². The lowest BCUT2D eigenvalue weighted by molar-refractivity contribution is 0.0849. The highest BCUT2D eigenvalue weighted by Crippen LogP contribution is 2.12. The number of benzene rings is 1. The zero-order chi connectivity index (χ0) is 17.4. The molecule has 2 atom stereocenters. The maximum absolute atomic E-state index is 12.2. The van der Waals surface area contributed by atoms with Gasteiger partial charge in [0.1, 0.15) is 6.61 Å². The number of aliphatic hydroxyl groups is 1. The molecule has 0 saturated heterocycles. The average Bonchev–Trinajstić information content (AvgIpc) is 2.64. The second-order valence-corrected chi connectivity index (χ2v) is 5.82. The van der Waals surface area contributed by atoms with Crippen LogP contribution in [-0.4, -0.2) is 28.6 Å². The third-order valence-electron chi connectivity index (χ3n) is 4.00. The predicted octanol–water partition coefficient (Wildman–Crippen LogP) is 2.80. The van der Waals surface area contributed by atoms with Gasteiger partial charge in [0.05, 0.1) is 6.10 Å². The standard InChI is InChI=1S/C19H24N2O3/c1-3-14(2)17(22)12-21-19(23)16-9-10-20-18(11-16)24-13-15-7-5-4-6-8-15/h4-11,14,17,22H,3,12-13H2,1-2H3,(H,21,23). The minimum atomic E-state index is -0.547. The molecular formula is C19H24N2O3. The van der Waals surface area contributed by atoms with Crippen LogP contribution in [0, 0.1) is 5.92 Å². The van der Waals surface area contributed by atoms with Gasteiger partial charge in [0, 0.05) is 24.4 Å². The van der Waals surface area contributed by atoms with Crippen molar-refractivity contribution in [3.8, 4) is 5.88 Å². The topological polar surface area (TPSA) is 71.5 Å². The number of rotatable bonds is 8. The zero-order valence-corrected chi connectivity index (χ0v) is 14.1. The first-order valence-corrected chi connectivity index (χ1v) is 8.19. The molecule has 5 heteroatoms. The molecule has 1 aromatic carbocycles. The fraction of sp³-hybridized carbons (Fsp3) is 0.368. The Kier molecular flexibility index (Phi) is 6.75. The van der Waals surface area contributed by atoms with Gasteiger partial charge >= 0.3 is 0 Å². The summed E-state index contributed by atoms with van der Waals surface area (Å²) in [6.45, 7) is 4.59. The van der Waals surface area contributed by atoms with E-state index in [9.17, 15) is 9.90 Å². The van der Waals surface area contributed by atoms with Crippen LogP contribution in [-0.2, 0) is 6.61 Å². The average molecular weight is 328 g/mol. The molecule has 1 heterocycles. The highest BCUT2D eigenvalue weighted by molar-refractivity contribution is 5.94. The summed E-state index contributed by atoms with van der Waals surface area (Å²) >= 11 is 0. The Morgan fingerprint density at radius 2 is 2.04 bits per heavy atom. The van der Waals surface area contributed by atoms with E-state index >= 15 is 0 Å². The minimum Gasteiger partial charge on any atom is -0.473 e. The maximum Gasteiger partial charge on any atom is 0.251 e. The SMILES string of the molecule is CCC(C)C(O)CNC(=O)c1ccnc(OCc2ccccc2)c1. The Morgan fingerprint density at radius 1 is 1.29 bits per heavy atom. The third kappa shape index (κ3) is 5.35. The molecule has 0 saturated carbocycles. The second-order valence-electron chi connectivity index (χ2n) is 5.82. The van der Waals surface area contributed by atoms with E-state index in [1.54, 1.807) is 18.3 Å². The van der Waals surface area contributed by atoms with Gasteiger partial charge in [0.15, 0.2) is 0 Å². The number of hydrogen-bond acceptors (Lipinski definition) is 4. The molecule has 5 nitrogen and oxygen atoms in total. The molecule has 0 spiro atoms. The number of ether oxygens (including phenoxy) is 1. The monoisotopic (exact) mass is 328 g/mol. The van der Waals surface area contributed by atoms with Crippen LogP contribution in [0.3, 0.4) is 0 Å². The summed E-state index contributed by atoms with van der Waals surface area (Å²) in [5, 5.41) is 12.7. The van der Waals surface area contributed by atoms with E-state index in [0.717, 1.165) is 12.0 Å². The molecule has 0 aliphatic carbocycles. The van der Waals surface area contributed by atoms with Crippen LogP contribution in [0.4, 0.5) is 0 Å². The molecular weight excluding hydrogens is 304 g/mol. The lowest BCUT2D eigenvalue weighted by atomic mass is 10.0. The van der Waals surface area contributed by atoms with Gasteiger partial charge in [0.25, 0.3) is 5.91 Å². The Balaban J connectivity index is 1.90. The number of amides is 1. The number of aliphatic hydroxyl groups excluding tert-OH is 1. The summed E-state index contributed by atoms with van der Waals surface area (Å²) < 4.78 is 5.62. The molecule has 2 unspecified atom stereocenters. The fourth-order valence-corrected chi connectivity index (χ4v) is 2.13. The van der Waals surface area contributed by atoms with Crippen molar-refractivity contribution in [3.63, 3.8) is 0 Å². The molecule has 1 amide bonds. The Bertz CT molecular complexity index is 646. The van der Waals surface area contributed by atoms with Crippen molar-refractivity contribution in [1.82, 2.24) is 10.3 Å². The van der Waals surface area contributed by atoms with E-state index in [0.29, 0.717) is 18.1 Å². The first-order chi connectivity index (χ1) is 11.6. The number of carbonyl (C=O) groups excluding carboxylic acids is 1. The molecule has 24 heavy (non-hydrogen) atoms. The summed E-state index contributed by atoms with van der Waals surface area (Å²) in [7, 11) is 0. The summed E-state index contributed by atoms with van der Waals surface area (Å²) in [5.74, 6) is 0.297. The van der Waals surface area contributed by atoms with Crippen molar-refractivity contribution in [3.05, 3.63) is 59.8 Å². The van der Waals surface area contributed by atoms with Gasteiger partial charge < -0.3 is 15.2 Å². The highest BCUT2D eigenvalue weighted by atomic mass is 16.5. The molecule has 0 aliphatic rings. The highest BCUT2D eigenvalue weighted by Gasteiger charge is 2.14. The third-order valence-corrected chi connectivity index (χ3v) is 4.00. The van der Waals surface area contributed by atoms with E-state index in [1.807, 2.05) is 44.2 Å². The van der Waals surface area contributed by atoms with Crippen molar-refractivity contribution in [1.29, 1.82) is 0 Å². The number of nitrogens with zero attached hydrogens (tertiary/aromatic N) is 1. The van der Waals surface area contributed by atoms with Gasteiger partial charge in [0.2, 0.25) is 5.88 Å². The Hall–Kier alpha value is -2.40. The summed E-state index contributed by atoms with van der Waals surface area (Å²) in [6, 6.07) is 13.0. The Morgan fingerprint density at radius 3 is 2.75 bits per heavy atom. The molecule has 2 rings (SSSR count). The summed E-state index contributed by atoms with van der Waals surface area (Å²) in [4.78, 5) is 16.3. The van der Waals surface area contributed by atoms with Gasteiger partial charge in [-0.2, -0.15) is 0 Å². The maximum atomic E-state index is 12.2. The lowest BCUT2D eigenvalue weighted by Crippen LogP contribution is -2.35. The molecule has 0 bridgehead atoms. The molecule has 0 aliphatic heterocycles. The zero-order valence-electron chi connectivity index (χ0n) is 14.1. The van der Waals surface area contributed by atoms with E-state index in [2.05, 4.69) is 10.3 Å². The lowest BCUT2D eigenvalue weighted by Gasteiger charge is -2.17. The quantitative estimate of drug-likeness (QED) is 0.782. The second kappa shape index (κ2) is 9.03. The minimum absolute atomic E-state index is 0.146. The van der Waals surface area contributed by atoms with Crippen LogP contribution < -0.4 is 10.1 Å². The molecule has 1 aromatic heterocycles. The van der Waals surface area contributed by atoms with E-state index < -0.39 is 6.10 Å². The van der Waals surface area contributed by atoms with Gasteiger partial charge in [-0.15, -0.1) is 0 Å².